The Morgan fingerprint density at radius 2 is 1.77 bits per heavy atom. The van der Waals surface area contributed by atoms with Gasteiger partial charge in [-0.25, -0.2) is 0 Å². The van der Waals surface area contributed by atoms with Crippen LogP contribution in [0.15, 0.2) is 17.1 Å². The summed E-state index contributed by atoms with van der Waals surface area (Å²) in [6.45, 7) is 2.83. The van der Waals surface area contributed by atoms with Gasteiger partial charge in [-0.1, -0.05) is 19.8 Å². The fourth-order valence-corrected chi connectivity index (χ4v) is 3.63. The normalized spacial score (nSPS) is 20.5. The van der Waals surface area contributed by atoms with Gasteiger partial charge in [0.1, 0.15) is 0 Å². The zero-order chi connectivity index (χ0) is 18.9. The van der Waals surface area contributed by atoms with Gasteiger partial charge in [-0.15, -0.1) is 0 Å². The standard InChI is InChI=1S/C20H33N3O3/c1-5-6-14-7-9-16(10-8-14)23-20(21-2)22-13-15-11-17(25-3)19(24)18(12-15)26-4/h11-12,14,16,24H,5-10,13H2,1-4H3,(H2,21,22,23). The highest BCUT2D eigenvalue weighted by Crippen LogP contribution is 2.37. The van der Waals surface area contributed by atoms with Crippen LogP contribution in [0.4, 0.5) is 0 Å². The minimum atomic E-state index is 0.0186. The van der Waals surface area contributed by atoms with Crippen LogP contribution in [-0.2, 0) is 6.54 Å². The van der Waals surface area contributed by atoms with E-state index in [0.29, 0.717) is 24.1 Å². The van der Waals surface area contributed by atoms with Gasteiger partial charge in [0, 0.05) is 19.6 Å². The minimum absolute atomic E-state index is 0.0186. The molecule has 0 spiro atoms. The molecule has 0 radical (unpaired) electrons. The summed E-state index contributed by atoms with van der Waals surface area (Å²) in [4.78, 5) is 4.34. The molecule has 1 aromatic carbocycles. The van der Waals surface area contributed by atoms with Gasteiger partial charge in [-0.05, 0) is 49.3 Å². The lowest BCUT2D eigenvalue weighted by atomic mass is 9.83. The molecule has 3 N–H and O–H groups in total. The number of hydrogen-bond acceptors (Lipinski definition) is 4. The Kier molecular flexibility index (Phi) is 7.88. The van der Waals surface area contributed by atoms with Crippen LogP contribution < -0.4 is 20.1 Å². The zero-order valence-electron chi connectivity index (χ0n) is 16.5. The molecule has 26 heavy (non-hydrogen) atoms. The summed E-state index contributed by atoms with van der Waals surface area (Å²) < 4.78 is 10.4. The van der Waals surface area contributed by atoms with Crippen molar-refractivity contribution in [1.82, 2.24) is 10.6 Å². The number of ether oxygens (including phenoxy) is 2. The number of methoxy groups -OCH3 is 2. The highest BCUT2D eigenvalue weighted by Gasteiger charge is 2.21. The van der Waals surface area contributed by atoms with E-state index in [1.54, 1.807) is 19.2 Å². The molecule has 1 saturated carbocycles. The Balaban J connectivity index is 1.89. The predicted molar refractivity (Wildman–Crippen MR) is 105 cm³/mol. The second kappa shape index (κ2) is 10.1. The van der Waals surface area contributed by atoms with Crippen molar-refractivity contribution in [3.8, 4) is 17.2 Å². The first-order chi connectivity index (χ1) is 12.6. The molecule has 2 rings (SSSR count). The third-order valence-electron chi connectivity index (χ3n) is 5.11. The summed E-state index contributed by atoms with van der Waals surface area (Å²) in [6.07, 6.45) is 7.64. The molecule has 0 unspecified atom stereocenters. The molecule has 0 heterocycles. The van der Waals surface area contributed by atoms with Crippen molar-refractivity contribution < 1.29 is 14.6 Å². The molecule has 1 aliphatic rings. The Hall–Kier alpha value is -2.11. The van der Waals surface area contributed by atoms with Gasteiger partial charge in [0.15, 0.2) is 17.5 Å². The van der Waals surface area contributed by atoms with E-state index >= 15 is 0 Å². The topological polar surface area (TPSA) is 75.1 Å². The van der Waals surface area contributed by atoms with Crippen LogP contribution in [0.1, 0.15) is 51.0 Å². The molecule has 0 aliphatic heterocycles. The molecular formula is C20H33N3O3. The molecule has 1 aromatic rings. The lowest BCUT2D eigenvalue weighted by molar-refractivity contribution is 0.295. The first kappa shape index (κ1) is 20.2. The average Bonchev–Trinajstić information content (AvgIpc) is 2.67. The molecule has 0 amide bonds. The van der Waals surface area contributed by atoms with E-state index in [1.165, 1.54) is 52.7 Å². The van der Waals surface area contributed by atoms with Crippen molar-refractivity contribution in [2.45, 2.75) is 58.0 Å². The third-order valence-corrected chi connectivity index (χ3v) is 5.11. The van der Waals surface area contributed by atoms with Crippen molar-refractivity contribution in [2.24, 2.45) is 10.9 Å². The minimum Gasteiger partial charge on any atom is -0.502 e. The van der Waals surface area contributed by atoms with Crippen LogP contribution in [0.3, 0.4) is 0 Å². The SMILES string of the molecule is CCCC1CCC(NC(=NC)NCc2cc(OC)c(O)c(OC)c2)CC1. The maximum absolute atomic E-state index is 10.0. The molecule has 0 atom stereocenters. The van der Waals surface area contributed by atoms with Gasteiger partial charge >= 0.3 is 0 Å². The summed E-state index contributed by atoms with van der Waals surface area (Å²) in [5, 5.41) is 16.9. The number of aliphatic imine (C=N–C) groups is 1. The quantitative estimate of drug-likeness (QED) is 0.511. The summed E-state index contributed by atoms with van der Waals surface area (Å²) in [5.74, 6) is 2.52. The Morgan fingerprint density at radius 1 is 1.15 bits per heavy atom. The highest BCUT2D eigenvalue weighted by atomic mass is 16.5. The molecule has 1 aliphatic carbocycles. The molecule has 0 aromatic heterocycles. The lowest BCUT2D eigenvalue weighted by Gasteiger charge is -2.30. The van der Waals surface area contributed by atoms with Crippen LogP contribution in [-0.4, -0.2) is 38.4 Å². The molecule has 6 nitrogen and oxygen atoms in total. The molecule has 0 saturated heterocycles. The number of hydrogen-bond donors (Lipinski definition) is 3. The van der Waals surface area contributed by atoms with Crippen LogP contribution in [0.5, 0.6) is 17.2 Å². The van der Waals surface area contributed by atoms with Gasteiger partial charge in [-0.3, -0.25) is 4.99 Å². The van der Waals surface area contributed by atoms with Crippen LogP contribution in [0.2, 0.25) is 0 Å². The molecular weight excluding hydrogens is 330 g/mol. The van der Waals surface area contributed by atoms with Gasteiger partial charge in [0.25, 0.3) is 0 Å². The third kappa shape index (κ3) is 5.44. The van der Waals surface area contributed by atoms with E-state index in [1.807, 2.05) is 0 Å². The molecule has 1 fully saturated rings. The fourth-order valence-electron chi connectivity index (χ4n) is 3.63. The highest BCUT2D eigenvalue weighted by molar-refractivity contribution is 5.80. The number of nitrogens with zero attached hydrogens (tertiary/aromatic N) is 1. The number of benzene rings is 1. The smallest absolute Gasteiger partial charge is 0.200 e. The second-order valence-corrected chi connectivity index (χ2v) is 6.93. The predicted octanol–water partition coefficient (Wildman–Crippen LogP) is 3.43. The maximum Gasteiger partial charge on any atom is 0.200 e. The summed E-state index contributed by atoms with van der Waals surface area (Å²) >= 11 is 0. The van der Waals surface area contributed by atoms with Crippen molar-refractivity contribution in [1.29, 1.82) is 0 Å². The van der Waals surface area contributed by atoms with E-state index in [-0.39, 0.29) is 5.75 Å². The lowest BCUT2D eigenvalue weighted by Crippen LogP contribution is -2.44. The Bertz CT molecular complexity index is 571. The Morgan fingerprint density at radius 3 is 2.27 bits per heavy atom. The zero-order valence-corrected chi connectivity index (χ0v) is 16.5. The maximum atomic E-state index is 10.0. The average molecular weight is 364 g/mol. The van der Waals surface area contributed by atoms with E-state index in [2.05, 4.69) is 22.5 Å². The van der Waals surface area contributed by atoms with Crippen molar-refractivity contribution in [3.05, 3.63) is 17.7 Å². The number of guanidine groups is 1. The first-order valence-corrected chi connectivity index (χ1v) is 9.52. The molecule has 0 bridgehead atoms. The van der Waals surface area contributed by atoms with Crippen LogP contribution in [0, 0.1) is 5.92 Å². The summed E-state index contributed by atoms with van der Waals surface area (Å²) in [7, 11) is 4.85. The van der Waals surface area contributed by atoms with Gasteiger partial charge in [-0.2, -0.15) is 0 Å². The number of aromatic hydroxyl groups is 1. The van der Waals surface area contributed by atoms with E-state index in [0.717, 1.165) is 17.4 Å². The largest absolute Gasteiger partial charge is 0.502 e. The van der Waals surface area contributed by atoms with E-state index < -0.39 is 0 Å². The fraction of sp³-hybridized carbons (Fsp3) is 0.650. The van der Waals surface area contributed by atoms with E-state index in [9.17, 15) is 5.11 Å². The first-order valence-electron chi connectivity index (χ1n) is 9.52. The number of phenols is 1. The van der Waals surface area contributed by atoms with Gasteiger partial charge in [0.05, 0.1) is 14.2 Å². The van der Waals surface area contributed by atoms with Crippen LogP contribution >= 0.6 is 0 Å². The van der Waals surface area contributed by atoms with E-state index in [4.69, 9.17) is 9.47 Å². The van der Waals surface area contributed by atoms with Crippen molar-refractivity contribution in [2.75, 3.05) is 21.3 Å². The van der Waals surface area contributed by atoms with Gasteiger partial charge < -0.3 is 25.2 Å². The number of rotatable bonds is 7. The summed E-state index contributed by atoms with van der Waals surface area (Å²) in [6, 6.07) is 4.08. The summed E-state index contributed by atoms with van der Waals surface area (Å²) in [5.41, 5.74) is 0.950. The van der Waals surface area contributed by atoms with Crippen molar-refractivity contribution >= 4 is 5.96 Å². The Labute approximate surface area is 157 Å². The number of phenolic OH excluding ortho intramolecular Hbond substituents is 1. The van der Waals surface area contributed by atoms with Crippen LogP contribution in [0.25, 0.3) is 0 Å². The number of nitrogens with one attached hydrogen (secondary N) is 2. The monoisotopic (exact) mass is 363 g/mol. The van der Waals surface area contributed by atoms with Gasteiger partial charge in [0.2, 0.25) is 5.75 Å². The molecule has 6 heteroatoms. The van der Waals surface area contributed by atoms with Crippen molar-refractivity contribution in [3.63, 3.8) is 0 Å². The molecule has 146 valence electrons. The second-order valence-electron chi connectivity index (χ2n) is 6.93.